The fourth-order valence-electron chi connectivity index (χ4n) is 5.09. The molecule has 8 nitrogen and oxygen atoms in total. The van der Waals surface area contributed by atoms with E-state index in [1.54, 1.807) is 34.6 Å². The molecule has 14 heteroatoms. The Bertz CT molecular complexity index is 1430. The molecule has 1 aliphatic heterocycles. The molecule has 3 rings (SSSR count). The van der Waals surface area contributed by atoms with Crippen molar-refractivity contribution in [3.8, 4) is 5.75 Å². The number of amides is 2. The van der Waals surface area contributed by atoms with E-state index in [1.165, 1.54) is 25.1 Å². The summed E-state index contributed by atoms with van der Waals surface area (Å²) in [6.45, 7) is 8.66. The van der Waals surface area contributed by atoms with E-state index < -0.39 is 70.4 Å². The molecule has 1 saturated heterocycles. The first-order chi connectivity index (χ1) is 21.5. The van der Waals surface area contributed by atoms with Gasteiger partial charge in [0, 0.05) is 5.56 Å². The van der Waals surface area contributed by atoms with Crippen molar-refractivity contribution in [1.82, 2.24) is 10.2 Å². The molecule has 2 amide bonds. The van der Waals surface area contributed by atoms with Gasteiger partial charge in [0.05, 0.1) is 30.9 Å². The summed E-state index contributed by atoms with van der Waals surface area (Å²) >= 11 is 0. The van der Waals surface area contributed by atoms with Crippen LogP contribution in [0, 0.1) is 0 Å². The second-order valence-electron chi connectivity index (χ2n) is 13.0. The smallest absolute Gasteiger partial charge is 0.419 e. The van der Waals surface area contributed by atoms with Crippen molar-refractivity contribution in [2.75, 3.05) is 19.8 Å². The van der Waals surface area contributed by atoms with Gasteiger partial charge in [-0.3, -0.25) is 14.5 Å². The second kappa shape index (κ2) is 14.1. The Morgan fingerprint density at radius 3 is 2.11 bits per heavy atom. The summed E-state index contributed by atoms with van der Waals surface area (Å²) in [4.78, 5) is 40.2. The average molecular weight is 675 g/mol. The van der Waals surface area contributed by atoms with Crippen molar-refractivity contribution in [2.24, 2.45) is 0 Å². The van der Waals surface area contributed by atoms with Gasteiger partial charge in [0.15, 0.2) is 5.78 Å². The summed E-state index contributed by atoms with van der Waals surface area (Å²) in [5.74, 6) is -2.02. The molecule has 1 atom stereocenters. The third-order valence-electron chi connectivity index (χ3n) is 7.47. The average Bonchev–Trinajstić information content (AvgIpc) is 3.21. The molecule has 1 heterocycles. The third-order valence-corrected chi connectivity index (χ3v) is 7.47. The number of nitrogens with zero attached hydrogens (tertiary/aromatic N) is 1. The fourth-order valence-corrected chi connectivity index (χ4v) is 5.09. The highest BCUT2D eigenvalue weighted by Crippen LogP contribution is 2.38. The van der Waals surface area contributed by atoms with Crippen molar-refractivity contribution in [1.29, 1.82) is 0 Å². The molecule has 260 valence electrons. The minimum absolute atomic E-state index is 0.0510. The lowest BCUT2D eigenvalue weighted by Crippen LogP contribution is -2.62. The monoisotopic (exact) mass is 674 g/mol. The summed E-state index contributed by atoms with van der Waals surface area (Å²) in [5, 5.41) is 2.42. The molecular weight excluding hydrogens is 634 g/mol. The summed E-state index contributed by atoms with van der Waals surface area (Å²) in [6.07, 6.45) is -8.02. The third kappa shape index (κ3) is 9.85. The summed E-state index contributed by atoms with van der Waals surface area (Å²) < 4.78 is 96.3. The van der Waals surface area contributed by atoms with Crippen LogP contribution in [0.1, 0.15) is 87.9 Å². The molecule has 0 aliphatic carbocycles. The number of unbranched alkanes of at least 4 members (excludes halogenated alkanes) is 2. The summed E-state index contributed by atoms with van der Waals surface area (Å²) in [7, 11) is 0. The van der Waals surface area contributed by atoms with E-state index in [4.69, 9.17) is 14.2 Å². The first kappa shape index (κ1) is 37.6. The predicted molar refractivity (Wildman–Crippen MR) is 160 cm³/mol. The summed E-state index contributed by atoms with van der Waals surface area (Å²) in [5.41, 5.74) is -5.15. The van der Waals surface area contributed by atoms with Gasteiger partial charge in [0.25, 0.3) is 0 Å². The molecule has 1 unspecified atom stereocenters. The number of carbonyl (C=O) groups excluding carboxylic acids is 3. The first-order valence-corrected chi connectivity index (χ1v) is 15.0. The summed E-state index contributed by atoms with van der Waals surface area (Å²) in [6, 6.07) is 7.67. The van der Waals surface area contributed by atoms with Gasteiger partial charge in [0.2, 0.25) is 5.91 Å². The zero-order valence-electron chi connectivity index (χ0n) is 27.2. The molecule has 2 aromatic rings. The quantitative estimate of drug-likeness (QED) is 0.150. The van der Waals surface area contributed by atoms with Crippen LogP contribution in [-0.2, 0) is 33.0 Å². The minimum Gasteiger partial charge on any atom is -0.493 e. The standard InChI is InChI=1S/C33H40F6N2O6/c1-29(2,3)47-28(44)41-30(4,5)46-20-31(41,6)27(43)40-19-25(42)22-13-16-26(24(18-22)33(37,38)39)45-17-9-7-8-10-21-11-14-23(15-12-21)32(34,35)36/h11-16,18H,7-10,17,19-20H2,1-6H3,(H,40,43). The highest BCUT2D eigenvalue weighted by molar-refractivity contribution is 6.01. The van der Waals surface area contributed by atoms with Gasteiger partial charge < -0.3 is 19.5 Å². The van der Waals surface area contributed by atoms with Crippen molar-refractivity contribution in [3.63, 3.8) is 0 Å². The lowest BCUT2D eigenvalue weighted by atomic mass is 9.99. The van der Waals surface area contributed by atoms with Crippen LogP contribution in [0.3, 0.4) is 0 Å². The first-order valence-electron chi connectivity index (χ1n) is 15.0. The SMILES string of the molecule is CC(C)(C)OC(=O)N1C(C)(C)OCC1(C)C(=O)NCC(=O)c1ccc(OCCCCCc2ccc(C(F)(F)F)cc2)c(C(F)(F)F)c1. The Hall–Kier alpha value is -3.81. The van der Waals surface area contributed by atoms with Crippen LogP contribution in [0.4, 0.5) is 31.1 Å². The Kier molecular flexibility index (Phi) is 11.3. The number of alkyl halides is 6. The van der Waals surface area contributed by atoms with Crippen LogP contribution in [0.2, 0.25) is 0 Å². The molecule has 47 heavy (non-hydrogen) atoms. The number of aryl methyl sites for hydroxylation is 1. The van der Waals surface area contributed by atoms with E-state index >= 15 is 0 Å². The van der Waals surface area contributed by atoms with Gasteiger partial charge in [0.1, 0.15) is 22.6 Å². The van der Waals surface area contributed by atoms with Crippen LogP contribution in [0.25, 0.3) is 0 Å². The number of Topliss-reactive ketones (excluding diaryl/α,β-unsaturated/α-hetero) is 1. The van der Waals surface area contributed by atoms with E-state index in [0.29, 0.717) is 37.3 Å². The fraction of sp³-hybridized carbons (Fsp3) is 0.545. The molecule has 0 aromatic heterocycles. The van der Waals surface area contributed by atoms with Crippen LogP contribution in [0.15, 0.2) is 42.5 Å². The zero-order valence-corrected chi connectivity index (χ0v) is 27.2. The number of hydrogen-bond donors (Lipinski definition) is 1. The number of halogens is 6. The number of ketones is 1. The number of carbonyl (C=O) groups is 3. The lowest BCUT2D eigenvalue weighted by Gasteiger charge is -2.39. The van der Waals surface area contributed by atoms with Crippen LogP contribution in [0.5, 0.6) is 5.75 Å². The molecule has 2 aromatic carbocycles. The topological polar surface area (TPSA) is 94.2 Å². The molecule has 0 radical (unpaired) electrons. The van der Waals surface area contributed by atoms with E-state index in [9.17, 15) is 40.7 Å². The molecule has 1 aliphatic rings. The predicted octanol–water partition coefficient (Wildman–Crippen LogP) is 7.58. The molecule has 1 fully saturated rings. The number of ether oxygens (including phenoxy) is 3. The lowest BCUT2D eigenvalue weighted by molar-refractivity contribution is -0.139. The van der Waals surface area contributed by atoms with Gasteiger partial charge in [-0.25, -0.2) is 4.79 Å². The number of nitrogens with one attached hydrogen (secondary N) is 1. The van der Waals surface area contributed by atoms with Crippen molar-refractivity contribution >= 4 is 17.8 Å². The van der Waals surface area contributed by atoms with Crippen molar-refractivity contribution < 1.29 is 54.9 Å². The zero-order chi connectivity index (χ0) is 35.4. The maximum Gasteiger partial charge on any atom is 0.419 e. The highest BCUT2D eigenvalue weighted by Gasteiger charge is 2.57. The largest absolute Gasteiger partial charge is 0.493 e. The molecule has 0 bridgehead atoms. The van der Waals surface area contributed by atoms with E-state index in [1.807, 2.05) is 0 Å². The Labute approximate surface area is 269 Å². The van der Waals surface area contributed by atoms with Crippen molar-refractivity contribution in [2.45, 2.75) is 96.4 Å². The van der Waals surface area contributed by atoms with E-state index in [2.05, 4.69) is 5.32 Å². The maximum absolute atomic E-state index is 13.9. The molecule has 0 spiro atoms. The Morgan fingerprint density at radius 2 is 1.53 bits per heavy atom. The Morgan fingerprint density at radius 1 is 0.894 bits per heavy atom. The number of hydrogen-bond acceptors (Lipinski definition) is 6. The van der Waals surface area contributed by atoms with Gasteiger partial charge in [-0.2, -0.15) is 26.3 Å². The van der Waals surface area contributed by atoms with Gasteiger partial charge in [-0.1, -0.05) is 12.1 Å². The molecular formula is C33H40F6N2O6. The van der Waals surface area contributed by atoms with E-state index in [-0.39, 0.29) is 18.8 Å². The molecule has 1 N–H and O–H groups in total. The second-order valence-corrected chi connectivity index (χ2v) is 13.0. The van der Waals surface area contributed by atoms with Crippen LogP contribution in [-0.4, -0.2) is 59.3 Å². The van der Waals surface area contributed by atoms with Gasteiger partial charge >= 0.3 is 18.4 Å². The maximum atomic E-state index is 13.9. The Balaban J connectivity index is 1.58. The molecule has 0 saturated carbocycles. The van der Waals surface area contributed by atoms with Gasteiger partial charge in [-0.05, 0) is 103 Å². The van der Waals surface area contributed by atoms with Gasteiger partial charge in [-0.15, -0.1) is 0 Å². The van der Waals surface area contributed by atoms with Crippen LogP contribution >= 0.6 is 0 Å². The normalized spacial score (nSPS) is 18.2. The number of benzene rings is 2. The van der Waals surface area contributed by atoms with Crippen LogP contribution < -0.4 is 10.1 Å². The van der Waals surface area contributed by atoms with Crippen molar-refractivity contribution in [3.05, 3.63) is 64.7 Å². The minimum atomic E-state index is -4.84. The highest BCUT2D eigenvalue weighted by atomic mass is 19.4. The van der Waals surface area contributed by atoms with E-state index in [0.717, 1.165) is 23.1 Å². The number of rotatable bonds is 11.